The molecule has 8 heteroatoms. The summed E-state index contributed by atoms with van der Waals surface area (Å²) in [5, 5.41) is 8.41. The van der Waals surface area contributed by atoms with Gasteiger partial charge in [0, 0.05) is 6.92 Å². The van der Waals surface area contributed by atoms with E-state index in [0.717, 1.165) is 55.0 Å². The summed E-state index contributed by atoms with van der Waals surface area (Å²) in [5.74, 6) is -1.64. The highest BCUT2D eigenvalue weighted by Crippen LogP contribution is 2.40. The van der Waals surface area contributed by atoms with E-state index in [1.54, 1.807) is 24.3 Å². The van der Waals surface area contributed by atoms with E-state index in [1.807, 2.05) is 19.1 Å². The molecule has 1 heterocycles. The molecule has 2 N–H and O–H groups in total. The van der Waals surface area contributed by atoms with E-state index < -0.39 is 16.5 Å². The summed E-state index contributed by atoms with van der Waals surface area (Å²) in [5.41, 5.74) is 5.59. The number of likely N-dealkylation sites (tertiary alicyclic amines) is 1. The fourth-order valence-corrected chi connectivity index (χ4v) is 5.69. The molecule has 1 fully saturated rings. The summed E-state index contributed by atoms with van der Waals surface area (Å²) < 4.78 is 12.9. The molecule has 2 aromatic carbocycles. The number of amides is 2. The number of benzene rings is 2. The number of aliphatic carboxylic acids is 1. The molecule has 0 spiro atoms. The Bertz CT molecular complexity index is 1010. The first kappa shape index (κ1) is 25.9. The molecule has 0 radical (unpaired) electrons. The Morgan fingerprint density at radius 2 is 1.74 bits per heavy atom. The minimum atomic E-state index is -0.979. The lowest BCUT2D eigenvalue weighted by Crippen LogP contribution is -2.76. The van der Waals surface area contributed by atoms with Crippen molar-refractivity contribution < 1.29 is 28.5 Å². The minimum Gasteiger partial charge on any atom is -0.480 e. The molecule has 0 saturated carbocycles. The van der Waals surface area contributed by atoms with E-state index in [-0.39, 0.29) is 22.2 Å². The lowest BCUT2D eigenvalue weighted by Gasteiger charge is -2.45. The number of unbranched alkanes of at least 4 members (excludes halogenated alkanes) is 3. The fourth-order valence-electron chi connectivity index (χ4n) is 4.28. The highest BCUT2D eigenvalue weighted by atomic mass is 32.2. The van der Waals surface area contributed by atoms with Crippen LogP contribution in [0.2, 0.25) is 0 Å². The zero-order valence-electron chi connectivity index (χ0n) is 19.6. The number of carbonyl (C=O) groups excluding carboxylic acids is 2. The molecule has 3 unspecified atom stereocenters. The van der Waals surface area contributed by atoms with Crippen molar-refractivity contribution in [2.75, 3.05) is 13.1 Å². The van der Waals surface area contributed by atoms with Crippen LogP contribution in [0.5, 0.6) is 0 Å². The Morgan fingerprint density at radius 3 is 2.32 bits per heavy atom. The van der Waals surface area contributed by atoms with Crippen LogP contribution in [-0.2, 0) is 20.8 Å². The van der Waals surface area contributed by atoms with Gasteiger partial charge in [-0.05, 0) is 55.9 Å². The van der Waals surface area contributed by atoms with Gasteiger partial charge in [-0.15, -0.1) is 11.8 Å². The van der Waals surface area contributed by atoms with Crippen molar-refractivity contribution in [3.05, 3.63) is 71.0 Å². The molecule has 6 nitrogen and oxygen atoms in total. The summed E-state index contributed by atoms with van der Waals surface area (Å²) >= 11 is 1.14. The second-order valence-electron chi connectivity index (χ2n) is 8.92. The number of carboxylic acids is 1. The number of hydrogen-bond acceptors (Lipinski definition) is 4. The van der Waals surface area contributed by atoms with Crippen LogP contribution in [0.25, 0.3) is 0 Å². The molecule has 3 atom stereocenters. The molecule has 0 aromatic heterocycles. The third-order valence-electron chi connectivity index (χ3n) is 6.12. The zero-order valence-corrected chi connectivity index (χ0v) is 20.4. The molecule has 0 aliphatic carbocycles. The lowest BCUT2D eigenvalue weighted by atomic mass is 10.0. The first-order valence-corrected chi connectivity index (χ1v) is 12.5. The van der Waals surface area contributed by atoms with Gasteiger partial charge >= 0.3 is 11.9 Å². The van der Waals surface area contributed by atoms with Gasteiger partial charge in [-0.25, -0.2) is 9.18 Å². The Labute approximate surface area is 204 Å². The molecule has 182 valence electrons. The number of thioether (sulfide) groups is 1. The van der Waals surface area contributed by atoms with Crippen molar-refractivity contribution in [2.45, 2.75) is 56.5 Å². The van der Waals surface area contributed by atoms with Crippen LogP contribution < -0.4 is 5.43 Å². The summed E-state index contributed by atoms with van der Waals surface area (Å²) in [6, 6.07) is 13.8. The summed E-state index contributed by atoms with van der Waals surface area (Å²) in [4.78, 5) is 36.8. The number of hydrogen-bond donors (Lipinski definition) is 2. The van der Waals surface area contributed by atoms with Gasteiger partial charge in [-0.1, -0.05) is 48.4 Å². The number of carbonyl (C=O) groups is 3. The van der Waals surface area contributed by atoms with Crippen LogP contribution >= 0.6 is 11.8 Å². The number of quaternary nitrogens is 1. The predicted octanol–water partition coefficient (Wildman–Crippen LogP) is 4.57. The van der Waals surface area contributed by atoms with Crippen molar-refractivity contribution >= 4 is 29.5 Å². The quantitative estimate of drug-likeness (QED) is 0.260. The van der Waals surface area contributed by atoms with Crippen molar-refractivity contribution in [1.29, 1.82) is 0 Å². The number of nitrogens with one attached hydrogen (secondary N) is 1. The highest BCUT2D eigenvalue weighted by Gasteiger charge is 2.57. The molecule has 1 saturated heterocycles. The monoisotopic (exact) mass is 487 g/mol. The van der Waals surface area contributed by atoms with Crippen LogP contribution in [-0.4, -0.2) is 45.8 Å². The van der Waals surface area contributed by atoms with E-state index in [4.69, 9.17) is 0 Å². The average Bonchev–Trinajstić information content (AvgIpc) is 2.79. The molecule has 1 aliphatic rings. The number of aryl methyl sites for hydroxylation is 2. The fraction of sp³-hybridized carbons (Fsp3) is 0.423. The minimum absolute atomic E-state index is 0.120. The SMILES string of the molecule is CC(=O)N[N+]1(CCCCCCc2ccc(F)cc2)CC(SC(C(=O)O)c2ccc(C)cc2)C1=O. The number of nitrogens with zero attached hydrogens (tertiary/aromatic N) is 1. The number of carboxylic acid groups (broad SMARTS) is 1. The molecule has 2 aromatic rings. The van der Waals surface area contributed by atoms with Gasteiger partial charge in [0.1, 0.15) is 24.2 Å². The third-order valence-corrected chi connectivity index (χ3v) is 7.54. The van der Waals surface area contributed by atoms with Gasteiger partial charge in [0.05, 0.1) is 0 Å². The zero-order chi connectivity index (χ0) is 24.7. The Balaban J connectivity index is 1.51. The first-order chi connectivity index (χ1) is 16.2. The molecular formula is C26H32FN2O4S+. The highest BCUT2D eigenvalue weighted by molar-refractivity contribution is 8.01. The van der Waals surface area contributed by atoms with E-state index in [9.17, 15) is 23.9 Å². The summed E-state index contributed by atoms with van der Waals surface area (Å²) in [7, 11) is 0. The van der Waals surface area contributed by atoms with Crippen LogP contribution in [0.15, 0.2) is 48.5 Å². The summed E-state index contributed by atoms with van der Waals surface area (Å²) in [6.07, 6.45) is 4.49. The van der Waals surface area contributed by atoms with Crippen molar-refractivity contribution in [3.8, 4) is 0 Å². The maximum Gasteiger partial charge on any atom is 0.356 e. The van der Waals surface area contributed by atoms with E-state index >= 15 is 0 Å². The maximum atomic E-state index is 13.1. The maximum absolute atomic E-state index is 13.1. The molecular weight excluding hydrogens is 455 g/mol. The number of halogens is 1. The van der Waals surface area contributed by atoms with Gasteiger partial charge in [0.15, 0.2) is 5.25 Å². The van der Waals surface area contributed by atoms with Crippen LogP contribution in [0.1, 0.15) is 54.5 Å². The van der Waals surface area contributed by atoms with Gasteiger partial charge in [0.25, 0.3) is 5.91 Å². The second-order valence-corrected chi connectivity index (χ2v) is 10.2. The predicted molar refractivity (Wildman–Crippen MR) is 130 cm³/mol. The largest absolute Gasteiger partial charge is 0.480 e. The number of β-lactam (4-membered cyclic amide) rings is 1. The Kier molecular flexibility index (Phi) is 8.85. The van der Waals surface area contributed by atoms with Gasteiger partial charge in [-0.3, -0.25) is 9.59 Å². The van der Waals surface area contributed by atoms with Crippen molar-refractivity contribution in [2.24, 2.45) is 0 Å². The van der Waals surface area contributed by atoms with E-state index in [1.165, 1.54) is 19.1 Å². The normalized spacial score (nSPS) is 20.4. The molecule has 2 amide bonds. The Morgan fingerprint density at radius 1 is 1.09 bits per heavy atom. The van der Waals surface area contributed by atoms with Crippen LogP contribution in [0.3, 0.4) is 0 Å². The Hall–Kier alpha value is -2.71. The third kappa shape index (κ3) is 6.67. The van der Waals surface area contributed by atoms with Crippen molar-refractivity contribution in [3.63, 3.8) is 0 Å². The average molecular weight is 488 g/mol. The lowest BCUT2D eigenvalue weighted by molar-refractivity contribution is -0.912. The summed E-state index contributed by atoms with van der Waals surface area (Å²) in [6.45, 7) is 4.20. The molecule has 0 bridgehead atoms. The van der Waals surface area contributed by atoms with Crippen molar-refractivity contribution in [1.82, 2.24) is 5.43 Å². The first-order valence-electron chi connectivity index (χ1n) is 11.6. The molecule has 34 heavy (non-hydrogen) atoms. The van der Waals surface area contributed by atoms with Gasteiger partial charge in [-0.2, -0.15) is 10.0 Å². The molecule has 3 rings (SSSR count). The molecule has 1 aliphatic heterocycles. The second kappa shape index (κ2) is 11.6. The smallest absolute Gasteiger partial charge is 0.356 e. The van der Waals surface area contributed by atoms with Gasteiger partial charge < -0.3 is 5.11 Å². The van der Waals surface area contributed by atoms with Crippen LogP contribution in [0.4, 0.5) is 4.39 Å². The standard InChI is InChI=1S/C26H31FN2O4S/c1-18-8-12-21(13-9-18)24(26(32)33)34-23-17-29(25(23)31,28-19(2)30)16-6-4-3-5-7-20-10-14-22(27)15-11-20/h8-15,23-24H,3-7,16-17H2,1-2H3,(H-,28,30,32,33)/p+1. The van der Waals surface area contributed by atoms with E-state index in [2.05, 4.69) is 5.43 Å². The topological polar surface area (TPSA) is 83.5 Å². The number of rotatable bonds is 12. The van der Waals surface area contributed by atoms with E-state index in [0.29, 0.717) is 18.7 Å². The van der Waals surface area contributed by atoms with Gasteiger partial charge in [0.2, 0.25) is 0 Å². The van der Waals surface area contributed by atoms with Crippen LogP contribution in [0, 0.1) is 12.7 Å².